The number of carbonyl (C=O) groups excluding carboxylic acids is 1. The summed E-state index contributed by atoms with van der Waals surface area (Å²) < 4.78 is 24.4. The van der Waals surface area contributed by atoms with E-state index in [2.05, 4.69) is 20.8 Å². The number of alkyl halides is 2. The normalized spacial score (nSPS) is 19.1. The molecule has 2 N–H and O–H groups in total. The van der Waals surface area contributed by atoms with Crippen LogP contribution in [0.1, 0.15) is 24.3 Å². The van der Waals surface area contributed by atoms with Crippen molar-refractivity contribution in [3.63, 3.8) is 0 Å². The lowest BCUT2D eigenvalue weighted by molar-refractivity contribution is -0.117. The molecule has 1 aliphatic heterocycles. The Bertz CT molecular complexity index is 383. The fourth-order valence-corrected chi connectivity index (χ4v) is 2.08. The predicted octanol–water partition coefficient (Wildman–Crippen LogP) is 1.59. The van der Waals surface area contributed by atoms with Crippen molar-refractivity contribution in [3.05, 3.63) is 5.01 Å². The first kappa shape index (κ1) is 14.2. The molecule has 1 amide bonds. The number of halogens is 3. The van der Waals surface area contributed by atoms with Crippen LogP contribution in [-0.4, -0.2) is 28.7 Å². The molecule has 1 fully saturated rings. The number of aromatic nitrogens is 2. The molecular weight excluding hydrogens is 274 g/mol. The van der Waals surface area contributed by atoms with E-state index in [0.29, 0.717) is 11.3 Å². The Labute approximate surface area is 106 Å². The molecule has 1 unspecified atom stereocenters. The Morgan fingerprint density at radius 1 is 1.53 bits per heavy atom. The third-order valence-electron chi connectivity index (χ3n) is 2.23. The Hall–Kier alpha value is -0.860. The summed E-state index contributed by atoms with van der Waals surface area (Å²) in [5.41, 5.74) is 0. The molecule has 9 heteroatoms. The third kappa shape index (κ3) is 3.55. The van der Waals surface area contributed by atoms with Gasteiger partial charge in [-0.3, -0.25) is 10.1 Å². The van der Waals surface area contributed by atoms with E-state index in [1.165, 1.54) is 0 Å². The lowest BCUT2D eigenvalue weighted by Crippen LogP contribution is -2.35. The molecular formula is C8H11ClF2N4OS. The lowest BCUT2D eigenvalue weighted by Gasteiger charge is -2.07. The third-order valence-corrected chi connectivity index (χ3v) is 3.08. The fraction of sp³-hybridized carbons (Fsp3) is 0.625. The van der Waals surface area contributed by atoms with Crippen molar-refractivity contribution in [3.8, 4) is 0 Å². The fourth-order valence-electron chi connectivity index (χ4n) is 1.47. The molecule has 2 heterocycles. The van der Waals surface area contributed by atoms with Crippen LogP contribution >= 0.6 is 23.7 Å². The minimum absolute atomic E-state index is 0. The van der Waals surface area contributed by atoms with Gasteiger partial charge in [0, 0.05) is 0 Å². The van der Waals surface area contributed by atoms with Gasteiger partial charge in [0.1, 0.15) is 0 Å². The highest BCUT2D eigenvalue weighted by atomic mass is 35.5. The van der Waals surface area contributed by atoms with Crippen LogP contribution < -0.4 is 10.6 Å². The van der Waals surface area contributed by atoms with Crippen LogP contribution in [0.2, 0.25) is 0 Å². The van der Waals surface area contributed by atoms with E-state index in [1.54, 1.807) is 0 Å². The molecule has 1 atom stereocenters. The molecule has 0 radical (unpaired) electrons. The van der Waals surface area contributed by atoms with Crippen molar-refractivity contribution in [2.75, 3.05) is 11.9 Å². The van der Waals surface area contributed by atoms with Crippen molar-refractivity contribution >= 4 is 34.8 Å². The van der Waals surface area contributed by atoms with Gasteiger partial charge in [-0.05, 0) is 19.4 Å². The molecule has 1 saturated heterocycles. The summed E-state index contributed by atoms with van der Waals surface area (Å²) in [7, 11) is 0. The average Bonchev–Trinajstić information content (AvgIpc) is 2.87. The SMILES string of the molecule is Cl.O=C(Nc1nnc(C(F)F)s1)C1CCCN1. The molecule has 0 aliphatic carbocycles. The van der Waals surface area contributed by atoms with Gasteiger partial charge in [-0.25, -0.2) is 8.78 Å². The molecule has 1 aliphatic rings. The molecule has 0 bridgehead atoms. The van der Waals surface area contributed by atoms with Crippen LogP contribution in [-0.2, 0) is 4.79 Å². The minimum atomic E-state index is -2.65. The van der Waals surface area contributed by atoms with Gasteiger partial charge in [0.25, 0.3) is 6.43 Å². The highest BCUT2D eigenvalue weighted by Crippen LogP contribution is 2.25. The second kappa shape index (κ2) is 6.18. The maximum absolute atomic E-state index is 12.2. The summed E-state index contributed by atoms with van der Waals surface area (Å²) in [6, 6.07) is -0.251. The van der Waals surface area contributed by atoms with Gasteiger partial charge < -0.3 is 5.32 Å². The average molecular weight is 285 g/mol. The first-order valence-corrected chi connectivity index (χ1v) is 5.64. The van der Waals surface area contributed by atoms with E-state index in [4.69, 9.17) is 0 Å². The summed E-state index contributed by atoms with van der Waals surface area (Å²) in [4.78, 5) is 11.6. The van der Waals surface area contributed by atoms with E-state index < -0.39 is 6.43 Å². The van der Waals surface area contributed by atoms with Crippen molar-refractivity contribution in [1.29, 1.82) is 0 Å². The Balaban J connectivity index is 0.00000144. The summed E-state index contributed by atoms with van der Waals surface area (Å²) in [5, 5.41) is 12.0. The van der Waals surface area contributed by atoms with E-state index in [0.717, 1.165) is 19.4 Å². The van der Waals surface area contributed by atoms with Crippen molar-refractivity contribution in [1.82, 2.24) is 15.5 Å². The molecule has 1 aromatic rings. The van der Waals surface area contributed by atoms with E-state index >= 15 is 0 Å². The van der Waals surface area contributed by atoms with Crippen LogP contribution in [0.15, 0.2) is 0 Å². The first-order valence-electron chi connectivity index (χ1n) is 4.82. The number of hydrogen-bond donors (Lipinski definition) is 2. The summed E-state index contributed by atoms with van der Waals surface area (Å²) >= 11 is 0.696. The number of nitrogens with one attached hydrogen (secondary N) is 2. The zero-order valence-electron chi connectivity index (χ0n) is 8.65. The van der Waals surface area contributed by atoms with Crippen LogP contribution in [0.4, 0.5) is 13.9 Å². The van der Waals surface area contributed by atoms with E-state index in [-0.39, 0.29) is 34.5 Å². The van der Waals surface area contributed by atoms with Gasteiger partial charge >= 0.3 is 0 Å². The summed E-state index contributed by atoms with van der Waals surface area (Å²) in [5.74, 6) is -0.241. The summed E-state index contributed by atoms with van der Waals surface area (Å²) in [6.45, 7) is 0.802. The van der Waals surface area contributed by atoms with Gasteiger partial charge in [0.05, 0.1) is 6.04 Å². The van der Waals surface area contributed by atoms with Crippen LogP contribution in [0.3, 0.4) is 0 Å². The van der Waals surface area contributed by atoms with Crippen molar-refractivity contribution in [2.24, 2.45) is 0 Å². The monoisotopic (exact) mass is 284 g/mol. The molecule has 5 nitrogen and oxygen atoms in total. The van der Waals surface area contributed by atoms with Gasteiger partial charge in [0.15, 0.2) is 5.01 Å². The van der Waals surface area contributed by atoms with Gasteiger partial charge in [-0.15, -0.1) is 22.6 Å². The van der Waals surface area contributed by atoms with Gasteiger partial charge in [-0.2, -0.15) is 0 Å². The van der Waals surface area contributed by atoms with Crippen LogP contribution in [0, 0.1) is 0 Å². The molecule has 1 aromatic heterocycles. The smallest absolute Gasteiger partial charge is 0.291 e. The number of amides is 1. The zero-order chi connectivity index (χ0) is 11.5. The number of hydrogen-bond acceptors (Lipinski definition) is 5. The minimum Gasteiger partial charge on any atom is -0.306 e. The van der Waals surface area contributed by atoms with Crippen molar-refractivity contribution in [2.45, 2.75) is 25.3 Å². The molecule has 0 saturated carbocycles. The van der Waals surface area contributed by atoms with E-state index in [9.17, 15) is 13.6 Å². The van der Waals surface area contributed by atoms with Gasteiger partial charge in [-0.1, -0.05) is 11.3 Å². The largest absolute Gasteiger partial charge is 0.306 e. The molecule has 0 spiro atoms. The maximum atomic E-state index is 12.2. The molecule has 17 heavy (non-hydrogen) atoms. The second-order valence-corrected chi connectivity index (χ2v) is 4.39. The molecule has 0 aromatic carbocycles. The molecule has 2 rings (SSSR count). The maximum Gasteiger partial charge on any atom is 0.291 e. The highest BCUT2D eigenvalue weighted by molar-refractivity contribution is 7.15. The van der Waals surface area contributed by atoms with Crippen LogP contribution in [0.25, 0.3) is 0 Å². The highest BCUT2D eigenvalue weighted by Gasteiger charge is 2.23. The number of nitrogens with zero attached hydrogens (tertiary/aromatic N) is 2. The Kier molecular flexibility index (Phi) is 5.16. The predicted molar refractivity (Wildman–Crippen MR) is 61.8 cm³/mol. The number of rotatable bonds is 3. The topological polar surface area (TPSA) is 66.9 Å². The standard InChI is InChI=1S/C8H10F2N4OS.ClH/c9-5(10)7-13-14-8(16-7)12-6(15)4-2-1-3-11-4;/h4-5,11H,1-3H2,(H,12,14,15);1H. The quantitative estimate of drug-likeness (QED) is 0.884. The number of anilines is 1. The number of carbonyl (C=O) groups is 1. The van der Waals surface area contributed by atoms with Gasteiger partial charge in [0.2, 0.25) is 11.0 Å². The lowest BCUT2D eigenvalue weighted by atomic mass is 10.2. The Morgan fingerprint density at radius 3 is 2.82 bits per heavy atom. The first-order chi connectivity index (χ1) is 7.66. The van der Waals surface area contributed by atoms with E-state index in [1.807, 2.05) is 0 Å². The summed E-state index contributed by atoms with van der Waals surface area (Å²) in [6.07, 6.45) is -0.948. The molecule has 96 valence electrons. The zero-order valence-corrected chi connectivity index (χ0v) is 10.3. The Morgan fingerprint density at radius 2 is 2.29 bits per heavy atom. The van der Waals surface area contributed by atoms with Crippen molar-refractivity contribution < 1.29 is 13.6 Å². The second-order valence-electron chi connectivity index (χ2n) is 3.38. The van der Waals surface area contributed by atoms with Crippen LogP contribution in [0.5, 0.6) is 0 Å².